The zero-order chi connectivity index (χ0) is 11.3. The highest BCUT2D eigenvalue weighted by molar-refractivity contribution is 5.44. The van der Waals surface area contributed by atoms with Gasteiger partial charge in [0.1, 0.15) is 5.75 Å². The van der Waals surface area contributed by atoms with Crippen molar-refractivity contribution >= 4 is 0 Å². The van der Waals surface area contributed by atoms with Crippen LogP contribution in [0, 0.1) is 11.3 Å². The molecule has 0 aromatic heterocycles. The highest BCUT2D eigenvalue weighted by Gasteiger charge is 2.09. The van der Waals surface area contributed by atoms with Crippen LogP contribution in [0.25, 0.3) is 0 Å². The van der Waals surface area contributed by atoms with E-state index in [1.165, 1.54) is 0 Å². The first-order chi connectivity index (χ1) is 7.22. The number of benzene rings is 1. The third-order valence-electron chi connectivity index (χ3n) is 2.28. The highest BCUT2D eigenvalue weighted by atomic mass is 16.5. The van der Waals surface area contributed by atoms with E-state index in [9.17, 15) is 0 Å². The van der Waals surface area contributed by atoms with E-state index >= 15 is 0 Å². The minimum absolute atomic E-state index is 0.194. The Hall–Kier alpha value is -1.75. The summed E-state index contributed by atoms with van der Waals surface area (Å²) < 4.78 is 5.50. The molecular formula is C13H15NO. The molecule has 15 heavy (non-hydrogen) atoms. The number of nitrogens with zero attached hydrogens (tertiary/aromatic N) is 1. The Labute approximate surface area is 90.8 Å². The van der Waals surface area contributed by atoms with E-state index in [4.69, 9.17) is 10.00 Å². The van der Waals surface area contributed by atoms with Crippen LogP contribution in [0.2, 0.25) is 0 Å². The number of rotatable bonds is 4. The fourth-order valence-electron chi connectivity index (χ4n) is 1.39. The Bertz CT molecular complexity index is 390. The van der Waals surface area contributed by atoms with Crippen molar-refractivity contribution in [1.82, 2.24) is 0 Å². The van der Waals surface area contributed by atoms with Gasteiger partial charge >= 0.3 is 0 Å². The standard InChI is InChI=1S/C13H15NO/c1-4-10(3)12-8-11(9-14)6-7-13(12)15-5-2/h4,6-8,10H,1,5H2,2-3H3. The third kappa shape index (κ3) is 2.60. The summed E-state index contributed by atoms with van der Waals surface area (Å²) >= 11 is 0. The zero-order valence-electron chi connectivity index (χ0n) is 9.16. The fraction of sp³-hybridized carbons (Fsp3) is 0.308. The summed E-state index contributed by atoms with van der Waals surface area (Å²) in [5, 5.41) is 8.82. The molecular weight excluding hydrogens is 186 g/mol. The van der Waals surface area contributed by atoms with E-state index in [0.29, 0.717) is 12.2 Å². The van der Waals surface area contributed by atoms with Gasteiger partial charge in [0, 0.05) is 11.5 Å². The molecule has 1 unspecified atom stereocenters. The monoisotopic (exact) mass is 201 g/mol. The first-order valence-electron chi connectivity index (χ1n) is 5.02. The van der Waals surface area contributed by atoms with Gasteiger partial charge in [0.25, 0.3) is 0 Å². The maximum atomic E-state index is 8.82. The van der Waals surface area contributed by atoms with Gasteiger partial charge < -0.3 is 4.74 Å². The van der Waals surface area contributed by atoms with E-state index in [1.807, 2.05) is 32.1 Å². The Kier molecular flexibility index (Phi) is 3.93. The van der Waals surface area contributed by atoms with Gasteiger partial charge in [0.15, 0.2) is 0 Å². The molecule has 0 amide bonds. The topological polar surface area (TPSA) is 33.0 Å². The SMILES string of the molecule is C=CC(C)c1cc(C#N)ccc1OCC. The van der Waals surface area contributed by atoms with Crippen molar-refractivity contribution in [3.63, 3.8) is 0 Å². The number of hydrogen-bond donors (Lipinski definition) is 0. The van der Waals surface area contributed by atoms with E-state index in [1.54, 1.807) is 6.07 Å². The predicted molar refractivity (Wildman–Crippen MR) is 60.9 cm³/mol. The van der Waals surface area contributed by atoms with Crippen molar-refractivity contribution in [2.45, 2.75) is 19.8 Å². The van der Waals surface area contributed by atoms with Gasteiger partial charge in [-0.1, -0.05) is 13.0 Å². The van der Waals surface area contributed by atoms with Gasteiger partial charge in [-0.3, -0.25) is 0 Å². The summed E-state index contributed by atoms with van der Waals surface area (Å²) in [4.78, 5) is 0. The first-order valence-corrected chi connectivity index (χ1v) is 5.02. The normalized spacial score (nSPS) is 11.5. The molecule has 1 aromatic rings. The fourth-order valence-corrected chi connectivity index (χ4v) is 1.39. The second kappa shape index (κ2) is 5.21. The van der Waals surface area contributed by atoms with Crippen LogP contribution >= 0.6 is 0 Å². The second-order valence-corrected chi connectivity index (χ2v) is 3.32. The zero-order valence-corrected chi connectivity index (χ0v) is 9.16. The molecule has 0 bridgehead atoms. The molecule has 0 saturated heterocycles. The van der Waals surface area contributed by atoms with Crippen LogP contribution in [0.5, 0.6) is 5.75 Å². The first kappa shape index (κ1) is 11.3. The van der Waals surface area contributed by atoms with Gasteiger partial charge in [0.2, 0.25) is 0 Å². The lowest BCUT2D eigenvalue weighted by atomic mass is 9.98. The van der Waals surface area contributed by atoms with Crippen molar-refractivity contribution in [2.24, 2.45) is 0 Å². The molecule has 1 rings (SSSR count). The maximum absolute atomic E-state index is 8.82. The van der Waals surface area contributed by atoms with Gasteiger partial charge in [-0.2, -0.15) is 5.26 Å². The Morgan fingerprint density at radius 1 is 1.60 bits per heavy atom. The van der Waals surface area contributed by atoms with Crippen molar-refractivity contribution < 1.29 is 4.74 Å². The van der Waals surface area contributed by atoms with E-state index in [-0.39, 0.29) is 5.92 Å². The smallest absolute Gasteiger partial charge is 0.123 e. The van der Waals surface area contributed by atoms with Crippen molar-refractivity contribution in [2.75, 3.05) is 6.61 Å². The van der Waals surface area contributed by atoms with Gasteiger partial charge in [-0.15, -0.1) is 6.58 Å². The summed E-state index contributed by atoms with van der Waals surface area (Å²) in [6.45, 7) is 8.36. The molecule has 78 valence electrons. The molecule has 0 radical (unpaired) electrons. The summed E-state index contributed by atoms with van der Waals surface area (Å²) in [5.74, 6) is 1.03. The summed E-state index contributed by atoms with van der Waals surface area (Å²) in [5.41, 5.74) is 1.67. The maximum Gasteiger partial charge on any atom is 0.123 e. The van der Waals surface area contributed by atoms with Crippen LogP contribution in [0.1, 0.15) is 30.9 Å². The molecule has 1 atom stereocenters. The molecule has 0 saturated carbocycles. The van der Waals surface area contributed by atoms with Gasteiger partial charge in [0.05, 0.1) is 18.2 Å². The van der Waals surface area contributed by atoms with E-state index < -0.39 is 0 Å². The number of hydrogen-bond acceptors (Lipinski definition) is 2. The Morgan fingerprint density at radius 3 is 2.87 bits per heavy atom. The summed E-state index contributed by atoms with van der Waals surface area (Å²) in [6, 6.07) is 7.60. The largest absolute Gasteiger partial charge is 0.494 e. The van der Waals surface area contributed by atoms with E-state index in [0.717, 1.165) is 11.3 Å². The molecule has 1 aromatic carbocycles. The second-order valence-electron chi connectivity index (χ2n) is 3.32. The molecule has 0 spiro atoms. The molecule has 2 nitrogen and oxygen atoms in total. The van der Waals surface area contributed by atoms with Crippen LogP contribution in [-0.4, -0.2) is 6.61 Å². The molecule has 0 N–H and O–H groups in total. The van der Waals surface area contributed by atoms with Crippen molar-refractivity contribution in [1.29, 1.82) is 5.26 Å². The van der Waals surface area contributed by atoms with Gasteiger partial charge in [-0.05, 0) is 25.1 Å². The molecule has 2 heteroatoms. The number of allylic oxidation sites excluding steroid dienone is 1. The lowest BCUT2D eigenvalue weighted by molar-refractivity contribution is 0.336. The predicted octanol–water partition coefficient (Wildman–Crippen LogP) is 3.25. The minimum Gasteiger partial charge on any atom is -0.494 e. The van der Waals surface area contributed by atoms with Crippen molar-refractivity contribution in [3.8, 4) is 11.8 Å². The van der Waals surface area contributed by atoms with Crippen LogP contribution in [0.3, 0.4) is 0 Å². The summed E-state index contributed by atoms with van der Waals surface area (Å²) in [7, 11) is 0. The average Bonchev–Trinajstić information content (AvgIpc) is 2.29. The Morgan fingerprint density at radius 2 is 2.33 bits per heavy atom. The molecule has 0 fully saturated rings. The molecule has 0 aliphatic heterocycles. The van der Waals surface area contributed by atoms with Crippen LogP contribution in [0.4, 0.5) is 0 Å². The minimum atomic E-state index is 0.194. The van der Waals surface area contributed by atoms with Crippen LogP contribution in [-0.2, 0) is 0 Å². The van der Waals surface area contributed by atoms with Gasteiger partial charge in [-0.25, -0.2) is 0 Å². The van der Waals surface area contributed by atoms with Crippen LogP contribution in [0.15, 0.2) is 30.9 Å². The lowest BCUT2D eigenvalue weighted by Crippen LogP contribution is -1.99. The highest BCUT2D eigenvalue weighted by Crippen LogP contribution is 2.28. The molecule has 0 heterocycles. The van der Waals surface area contributed by atoms with Crippen LogP contribution < -0.4 is 4.74 Å². The average molecular weight is 201 g/mol. The Balaban J connectivity index is 3.16. The number of nitriles is 1. The van der Waals surface area contributed by atoms with Crippen molar-refractivity contribution in [3.05, 3.63) is 42.0 Å². The molecule has 0 aliphatic carbocycles. The van der Waals surface area contributed by atoms with E-state index in [2.05, 4.69) is 12.6 Å². The third-order valence-corrected chi connectivity index (χ3v) is 2.28. The number of ether oxygens (including phenoxy) is 1. The quantitative estimate of drug-likeness (QED) is 0.700. The lowest BCUT2D eigenvalue weighted by Gasteiger charge is -2.13. The summed E-state index contributed by atoms with van der Waals surface area (Å²) in [6.07, 6.45) is 1.85. The molecule has 0 aliphatic rings.